The van der Waals surface area contributed by atoms with E-state index in [4.69, 9.17) is 4.74 Å². The summed E-state index contributed by atoms with van der Waals surface area (Å²) in [4.78, 5) is 12.2. The van der Waals surface area contributed by atoms with E-state index in [0.717, 1.165) is 0 Å². The average molecular weight is 293 g/mol. The summed E-state index contributed by atoms with van der Waals surface area (Å²) in [7, 11) is 0. The summed E-state index contributed by atoms with van der Waals surface area (Å²) in [6.45, 7) is 2.26. The number of aromatic hydroxyl groups is 2. The number of hydrogen-bond donors (Lipinski definition) is 4. The van der Waals surface area contributed by atoms with Crippen LogP contribution in [-0.2, 0) is 9.53 Å². The molecule has 1 aliphatic heterocycles. The van der Waals surface area contributed by atoms with Gasteiger partial charge in [0.15, 0.2) is 17.8 Å². The number of amides is 1. The Labute approximate surface area is 122 Å². The number of ether oxygens (including phenoxy) is 1. The van der Waals surface area contributed by atoms with Crippen LogP contribution in [0.2, 0.25) is 0 Å². The number of hydrogen-bond acceptors (Lipinski definition) is 5. The molecular weight excluding hydrogens is 274 g/mol. The summed E-state index contributed by atoms with van der Waals surface area (Å²) in [5.74, 6) is -0.722. The van der Waals surface area contributed by atoms with Crippen LogP contribution in [0.4, 0.5) is 0 Å². The molecule has 2 rings (SSSR count). The smallest absolute Gasteiger partial charge is 0.247 e. The minimum atomic E-state index is -0.968. The molecule has 1 heterocycles. The van der Waals surface area contributed by atoms with E-state index in [1.807, 2.05) is 6.92 Å². The van der Waals surface area contributed by atoms with Crippen molar-refractivity contribution in [2.75, 3.05) is 6.61 Å². The summed E-state index contributed by atoms with van der Waals surface area (Å²) < 4.78 is 4.99. The van der Waals surface area contributed by atoms with Crippen molar-refractivity contribution in [2.45, 2.75) is 32.1 Å². The van der Waals surface area contributed by atoms with Crippen molar-refractivity contribution >= 4 is 12.0 Å². The largest absolute Gasteiger partial charge is 0.504 e. The molecule has 114 valence electrons. The number of benzene rings is 1. The standard InChI is InChI=1S/C15H19NO5/c1-2-10(7-9-3-4-12(17)13(18)8-9)14(19)16-11-5-6-21-15(11)20/h3-4,7-8,11,15,17-18,20H,2,5-6H2,1H3,(H,16,19)/b10-7+. The Balaban J connectivity index is 2.12. The molecule has 1 aromatic carbocycles. The molecule has 0 saturated carbocycles. The first kappa shape index (κ1) is 15.3. The van der Waals surface area contributed by atoms with Crippen LogP contribution >= 0.6 is 0 Å². The lowest BCUT2D eigenvalue weighted by atomic mass is 10.1. The van der Waals surface area contributed by atoms with Gasteiger partial charge in [0, 0.05) is 5.57 Å². The van der Waals surface area contributed by atoms with Crippen molar-refractivity contribution in [3.8, 4) is 11.5 Å². The van der Waals surface area contributed by atoms with E-state index in [1.165, 1.54) is 12.1 Å². The first-order valence-electron chi connectivity index (χ1n) is 6.84. The van der Waals surface area contributed by atoms with Crippen molar-refractivity contribution in [3.05, 3.63) is 29.3 Å². The highest BCUT2D eigenvalue weighted by molar-refractivity contribution is 5.98. The van der Waals surface area contributed by atoms with Gasteiger partial charge in [0.25, 0.3) is 0 Å². The van der Waals surface area contributed by atoms with E-state index in [1.54, 1.807) is 12.1 Å². The van der Waals surface area contributed by atoms with Crippen LogP contribution in [0.15, 0.2) is 23.8 Å². The molecule has 0 bridgehead atoms. The van der Waals surface area contributed by atoms with Gasteiger partial charge in [0.1, 0.15) is 0 Å². The molecule has 1 aromatic rings. The van der Waals surface area contributed by atoms with Crippen LogP contribution in [0.25, 0.3) is 6.08 Å². The third kappa shape index (κ3) is 3.74. The third-order valence-corrected chi connectivity index (χ3v) is 3.39. The van der Waals surface area contributed by atoms with Gasteiger partial charge in [-0.15, -0.1) is 0 Å². The molecule has 0 aromatic heterocycles. The van der Waals surface area contributed by atoms with E-state index >= 15 is 0 Å². The molecule has 1 saturated heterocycles. The Morgan fingerprint density at radius 2 is 2.19 bits per heavy atom. The molecule has 1 fully saturated rings. The fraction of sp³-hybridized carbons (Fsp3) is 0.400. The number of rotatable bonds is 4. The highest BCUT2D eigenvalue weighted by atomic mass is 16.6. The zero-order valence-electron chi connectivity index (χ0n) is 11.7. The highest BCUT2D eigenvalue weighted by Gasteiger charge is 2.28. The zero-order valence-corrected chi connectivity index (χ0v) is 11.7. The number of carbonyl (C=O) groups excluding carboxylic acids is 1. The van der Waals surface area contributed by atoms with Gasteiger partial charge in [-0.05, 0) is 36.6 Å². The van der Waals surface area contributed by atoms with Crippen molar-refractivity contribution in [1.82, 2.24) is 5.32 Å². The molecular formula is C15H19NO5. The van der Waals surface area contributed by atoms with Crippen LogP contribution in [0, 0.1) is 0 Å². The maximum Gasteiger partial charge on any atom is 0.247 e. The van der Waals surface area contributed by atoms with E-state index in [0.29, 0.717) is 30.6 Å². The maximum absolute atomic E-state index is 12.2. The Hall–Kier alpha value is -2.05. The lowest BCUT2D eigenvalue weighted by Crippen LogP contribution is -2.40. The molecule has 21 heavy (non-hydrogen) atoms. The lowest BCUT2D eigenvalue weighted by Gasteiger charge is -2.16. The lowest BCUT2D eigenvalue weighted by molar-refractivity contribution is -0.121. The minimum absolute atomic E-state index is 0.208. The van der Waals surface area contributed by atoms with Gasteiger partial charge in [0.2, 0.25) is 5.91 Å². The maximum atomic E-state index is 12.2. The summed E-state index contributed by atoms with van der Waals surface area (Å²) in [6.07, 6.45) is 1.74. The van der Waals surface area contributed by atoms with Gasteiger partial charge in [-0.2, -0.15) is 0 Å². The van der Waals surface area contributed by atoms with E-state index in [9.17, 15) is 20.1 Å². The van der Waals surface area contributed by atoms with Crippen LogP contribution in [0.1, 0.15) is 25.3 Å². The quantitative estimate of drug-likeness (QED) is 0.492. The van der Waals surface area contributed by atoms with Gasteiger partial charge < -0.3 is 25.4 Å². The van der Waals surface area contributed by atoms with Gasteiger partial charge in [-0.3, -0.25) is 4.79 Å². The molecule has 6 nitrogen and oxygen atoms in total. The SMILES string of the molecule is CC/C(=C\c1ccc(O)c(O)c1)C(=O)NC1CCOC1O. The zero-order chi connectivity index (χ0) is 15.4. The van der Waals surface area contributed by atoms with E-state index in [2.05, 4.69) is 5.32 Å². The second-order valence-corrected chi connectivity index (χ2v) is 4.90. The molecule has 2 unspecified atom stereocenters. The van der Waals surface area contributed by atoms with Gasteiger partial charge >= 0.3 is 0 Å². The number of nitrogens with one attached hydrogen (secondary N) is 1. The van der Waals surface area contributed by atoms with Crippen LogP contribution in [0.5, 0.6) is 11.5 Å². The van der Waals surface area contributed by atoms with Gasteiger partial charge in [-0.25, -0.2) is 0 Å². The molecule has 6 heteroatoms. The predicted octanol–water partition coefficient (Wildman–Crippen LogP) is 1.11. The van der Waals surface area contributed by atoms with Crippen molar-refractivity contribution < 1.29 is 24.9 Å². The first-order valence-corrected chi connectivity index (χ1v) is 6.84. The molecule has 0 spiro atoms. The molecule has 0 aliphatic carbocycles. The number of phenols is 2. The van der Waals surface area contributed by atoms with Crippen molar-refractivity contribution in [2.24, 2.45) is 0 Å². The third-order valence-electron chi connectivity index (χ3n) is 3.39. The number of carbonyl (C=O) groups is 1. The number of aliphatic hydroxyl groups is 1. The predicted molar refractivity (Wildman–Crippen MR) is 76.5 cm³/mol. The Morgan fingerprint density at radius 3 is 2.76 bits per heavy atom. The summed E-state index contributed by atoms with van der Waals surface area (Å²) in [5, 5.41) is 31.0. The highest BCUT2D eigenvalue weighted by Crippen LogP contribution is 2.26. The van der Waals surface area contributed by atoms with Crippen LogP contribution in [-0.4, -0.2) is 40.2 Å². The Bertz CT molecular complexity index is 555. The fourth-order valence-electron chi connectivity index (χ4n) is 2.14. The Morgan fingerprint density at radius 1 is 1.43 bits per heavy atom. The summed E-state index contributed by atoms with van der Waals surface area (Å²) >= 11 is 0. The topological polar surface area (TPSA) is 99.0 Å². The van der Waals surface area contributed by atoms with E-state index < -0.39 is 12.3 Å². The molecule has 0 radical (unpaired) electrons. The van der Waals surface area contributed by atoms with Crippen LogP contribution in [0.3, 0.4) is 0 Å². The fourth-order valence-corrected chi connectivity index (χ4v) is 2.14. The van der Waals surface area contributed by atoms with Crippen LogP contribution < -0.4 is 5.32 Å². The normalized spacial score (nSPS) is 22.3. The average Bonchev–Trinajstić information content (AvgIpc) is 2.85. The molecule has 4 N–H and O–H groups in total. The molecule has 1 amide bonds. The van der Waals surface area contributed by atoms with Gasteiger partial charge in [0.05, 0.1) is 12.6 Å². The monoisotopic (exact) mass is 293 g/mol. The number of phenolic OH excluding ortho intramolecular Hbond substituents is 2. The van der Waals surface area contributed by atoms with Gasteiger partial charge in [-0.1, -0.05) is 13.0 Å². The molecule has 2 atom stereocenters. The van der Waals surface area contributed by atoms with Crippen molar-refractivity contribution in [3.63, 3.8) is 0 Å². The summed E-state index contributed by atoms with van der Waals surface area (Å²) in [5.41, 5.74) is 1.12. The van der Waals surface area contributed by atoms with E-state index in [-0.39, 0.29) is 17.4 Å². The second kappa shape index (κ2) is 6.60. The second-order valence-electron chi connectivity index (χ2n) is 4.90. The van der Waals surface area contributed by atoms with Crippen molar-refractivity contribution in [1.29, 1.82) is 0 Å². The Kier molecular flexibility index (Phi) is 4.82. The first-order chi connectivity index (χ1) is 10.0. The number of aliphatic hydroxyl groups excluding tert-OH is 1. The minimum Gasteiger partial charge on any atom is -0.504 e. The molecule has 1 aliphatic rings. The summed E-state index contributed by atoms with van der Waals surface area (Å²) in [6, 6.07) is 3.94.